The number of hydrogen-bond donors (Lipinski definition) is 3. The largest absolute Gasteiger partial charge is 0.504 e. The lowest BCUT2D eigenvalue weighted by atomic mass is 10.1. The van der Waals surface area contributed by atoms with Crippen molar-refractivity contribution in [2.75, 3.05) is 6.61 Å². The second-order valence-corrected chi connectivity index (χ2v) is 6.15. The summed E-state index contributed by atoms with van der Waals surface area (Å²) in [5, 5.41) is 28.2. The minimum absolute atomic E-state index is 0.141. The number of aromatic hydroxyl groups is 3. The first-order valence-electron chi connectivity index (χ1n) is 8.99. The zero-order chi connectivity index (χ0) is 17.8. The van der Waals surface area contributed by atoms with Gasteiger partial charge >= 0.3 is 5.97 Å². The maximum absolute atomic E-state index is 11.8. The third-order valence-electron chi connectivity index (χ3n) is 4.08. The number of carbonyl (C=O) groups is 1. The maximum Gasteiger partial charge on any atom is 0.342 e. The van der Waals surface area contributed by atoms with E-state index in [1.165, 1.54) is 51.0 Å². The lowest BCUT2D eigenvalue weighted by molar-refractivity contribution is 0.0493. The molecule has 0 aliphatic carbocycles. The van der Waals surface area contributed by atoms with Gasteiger partial charge in [-0.1, -0.05) is 64.7 Å². The zero-order valence-electron chi connectivity index (χ0n) is 14.6. The Morgan fingerprint density at radius 2 is 1.38 bits per heavy atom. The number of esters is 1. The lowest BCUT2D eigenvalue weighted by Gasteiger charge is -2.08. The molecule has 0 atom stereocenters. The molecule has 0 aromatic heterocycles. The van der Waals surface area contributed by atoms with Gasteiger partial charge in [-0.15, -0.1) is 0 Å². The van der Waals surface area contributed by atoms with Crippen LogP contribution in [0.5, 0.6) is 17.2 Å². The molecule has 0 unspecified atom stereocenters. The van der Waals surface area contributed by atoms with Crippen LogP contribution in [-0.2, 0) is 4.74 Å². The van der Waals surface area contributed by atoms with Gasteiger partial charge < -0.3 is 20.1 Å². The van der Waals surface area contributed by atoms with Crippen LogP contribution in [0.3, 0.4) is 0 Å². The maximum atomic E-state index is 11.8. The summed E-state index contributed by atoms with van der Waals surface area (Å²) >= 11 is 0. The summed E-state index contributed by atoms with van der Waals surface area (Å²) < 4.78 is 5.08. The van der Waals surface area contributed by atoms with Crippen molar-refractivity contribution in [1.29, 1.82) is 0 Å². The Balaban J connectivity index is 2.09. The van der Waals surface area contributed by atoms with Crippen molar-refractivity contribution in [2.24, 2.45) is 0 Å². The van der Waals surface area contributed by atoms with Crippen LogP contribution in [0.4, 0.5) is 0 Å². The van der Waals surface area contributed by atoms with E-state index in [2.05, 4.69) is 6.92 Å². The van der Waals surface area contributed by atoms with Crippen LogP contribution in [-0.4, -0.2) is 27.9 Å². The molecule has 0 heterocycles. The predicted octanol–water partition coefficient (Wildman–Crippen LogP) is 4.88. The van der Waals surface area contributed by atoms with Gasteiger partial charge in [0.05, 0.1) is 6.61 Å². The fourth-order valence-corrected chi connectivity index (χ4v) is 2.57. The topological polar surface area (TPSA) is 87.0 Å². The number of rotatable bonds is 12. The fraction of sp³-hybridized carbons (Fsp3) is 0.632. The van der Waals surface area contributed by atoms with Crippen molar-refractivity contribution >= 4 is 5.97 Å². The van der Waals surface area contributed by atoms with Crippen molar-refractivity contribution in [3.05, 3.63) is 17.7 Å². The molecule has 0 saturated carbocycles. The van der Waals surface area contributed by atoms with Gasteiger partial charge in [0, 0.05) is 0 Å². The minimum Gasteiger partial charge on any atom is -0.504 e. The monoisotopic (exact) mass is 338 g/mol. The molecule has 0 amide bonds. The molecule has 5 nitrogen and oxygen atoms in total. The Morgan fingerprint density at radius 3 is 1.96 bits per heavy atom. The number of phenolic OH excluding ortho intramolecular Hbond substituents is 3. The highest BCUT2D eigenvalue weighted by Gasteiger charge is 2.18. The smallest absolute Gasteiger partial charge is 0.342 e. The average molecular weight is 338 g/mol. The van der Waals surface area contributed by atoms with E-state index in [-0.39, 0.29) is 12.2 Å². The van der Waals surface area contributed by atoms with Crippen LogP contribution in [0, 0.1) is 0 Å². The number of hydrogen-bond acceptors (Lipinski definition) is 5. The summed E-state index contributed by atoms with van der Waals surface area (Å²) in [7, 11) is 0. The molecule has 0 spiro atoms. The van der Waals surface area contributed by atoms with Crippen LogP contribution >= 0.6 is 0 Å². The highest BCUT2D eigenvalue weighted by Crippen LogP contribution is 2.37. The Morgan fingerprint density at radius 1 is 0.833 bits per heavy atom. The summed E-state index contributed by atoms with van der Waals surface area (Å²) in [6.07, 6.45) is 12.0. The molecular weight excluding hydrogens is 308 g/mol. The lowest BCUT2D eigenvalue weighted by Crippen LogP contribution is -2.06. The van der Waals surface area contributed by atoms with E-state index in [1.807, 2.05) is 0 Å². The number of benzene rings is 1. The van der Waals surface area contributed by atoms with Crippen LogP contribution in [0.2, 0.25) is 0 Å². The van der Waals surface area contributed by atoms with E-state index < -0.39 is 23.2 Å². The summed E-state index contributed by atoms with van der Waals surface area (Å²) in [5.74, 6) is -2.52. The molecule has 0 aliphatic heterocycles. The number of carbonyl (C=O) groups excluding carboxylic acids is 1. The van der Waals surface area contributed by atoms with Gasteiger partial charge in [-0.2, -0.15) is 0 Å². The molecule has 136 valence electrons. The molecule has 0 bridgehead atoms. The summed E-state index contributed by atoms with van der Waals surface area (Å²) in [4.78, 5) is 11.8. The Hall–Kier alpha value is -1.91. The second-order valence-electron chi connectivity index (χ2n) is 6.15. The standard InChI is InChI=1S/C19H30O5/c1-2-3-4-5-6-7-8-9-10-11-14-24-19(23)15-12-13-16(20)18(22)17(15)21/h12-13,20-22H,2-11,14H2,1H3. The Kier molecular flexibility index (Phi) is 9.73. The zero-order valence-corrected chi connectivity index (χ0v) is 14.6. The Labute approximate surface area is 144 Å². The quantitative estimate of drug-likeness (QED) is 0.287. The van der Waals surface area contributed by atoms with Crippen LogP contribution in [0.15, 0.2) is 12.1 Å². The number of unbranched alkanes of at least 4 members (excludes halogenated alkanes) is 9. The van der Waals surface area contributed by atoms with Crippen molar-refractivity contribution in [3.8, 4) is 17.2 Å². The number of phenols is 3. The van der Waals surface area contributed by atoms with E-state index in [1.54, 1.807) is 0 Å². The fourth-order valence-electron chi connectivity index (χ4n) is 2.57. The van der Waals surface area contributed by atoms with E-state index in [0.717, 1.165) is 25.3 Å². The van der Waals surface area contributed by atoms with Crippen molar-refractivity contribution < 1.29 is 24.9 Å². The summed E-state index contributed by atoms with van der Waals surface area (Å²) in [6, 6.07) is 2.37. The van der Waals surface area contributed by atoms with Gasteiger partial charge in [-0.05, 0) is 18.6 Å². The SMILES string of the molecule is CCCCCCCCCCCCOC(=O)c1ccc(O)c(O)c1O. The molecule has 24 heavy (non-hydrogen) atoms. The molecule has 5 heteroatoms. The molecule has 0 radical (unpaired) electrons. The third kappa shape index (κ3) is 7.11. The highest BCUT2D eigenvalue weighted by molar-refractivity contribution is 5.93. The van der Waals surface area contributed by atoms with Crippen molar-refractivity contribution in [3.63, 3.8) is 0 Å². The number of ether oxygens (including phenoxy) is 1. The molecule has 0 aliphatic rings. The molecule has 0 saturated heterocycles. The van der Waals surface area contributed by atoms with Crippen molar-refractivity contribution in [2.45, 2.75) is 71.1 Å². The predicted molar refractivity (Wildman–Crippen MR) is 93.6 cm³/mol. The van der Waals surface area contributed by atoms with Crippen molar-refractivity contribution in [1.82, 2.24) is 0 Å². The minimum atomic E-state index is -0.705. The van der Waals surface area contributed by atoms with Crippen LogP contribution in [0.25, 0.3) is 0 Å². The molecule has 1 aromatic rings. The van der Waals surface area contributed by atoms with Gasteiger partial charge in [0.1, 0.15) is 5.56 Å². The van der Waals surface area contributed by atoms with E-state index in [4.69, 9.17) is 4.74 Å². The van der Waals surface area contributed by atoms with Gasteiger partial charge in [0.25, 0.3) is 0 Å². The average Bonchev–Trinajstić information content (AvgIpc) is 2.57. The van der Waals surface area contributed by atoms with Gasteiger partial charge in [0.2, 0.25) is 5.75 Å². The van der Waals surface area contributed by atoms with Gasteiger partial charge in [-0.3, -0.25) is 0 Å². The summed E-state index contributed by atoms with van der Waals surface area (Å²) in [6.45, 7) is 2.51. The van der Waals surface area contributed by atoms with E-state index in [0.29, 0.717) is 0 Å². The van der Waals surface area contributed by atoms with E-state index >= 15 is 0 Å². The Bertz CT molecular complexity index is 499. The third-order valence-corrected chi connectivity index (χ3v) is 4.08. The molecule has 3 N–H and O–H groups in total. The first-order chi connectivity index (χ1) is 11.6. The first-order valence-corrected chi connectivity index (χ1v) is 8.99. The molecule has 1 aromatic carbocycles. The normalized spacial score (nSPS) is 10.7. The second kappa shape index (κ2) is 11.6. The highest BCUT2D eigenvalue weighted by atomic mass is 16.5. The molecule has 1 rings (SSSR count). The first kappa shape index (κ1) is 20.1. The van der Waals surface area contributed by atoms with E-state index in [9.17, 15) is 20.1 Å². The summed E-state index contributed by atoms with van der Waals surface area (Å²) in [5.41, 5.74) is -0.141. The molecule has 0 fully saturated rings. The van der Waals surface area contributed by atoms with Gasteiger partial charge in [0.15, 0.2) is 11.5 Å². The molecular formula is C19H30O5. The van der Waals surface area contributed by atoms with Crippen LogP contribution in [0.1, 0.15) is 81.5 Å². The van der Waals surface area contributed by atoms with Crippen LogP contribution < -0.4 is 0 Å². The van der Waals surface area contributed by atoms with Gasteiger partial charge in [-0.25, -0.2) is 4.79 Å².